The highest BCUT2D eigenvalue weighted by molar-refractivity contribution is 7.07. The van der Waals surface area contributed by atoms with E-state index < -0.39 is 0 Å². The zero-order valence-electron chi connectivity index (χ0n) is 12.5. The molecule has 116 valence electrons. The number of aromatic nitrogens is 2. The number of pyridine rings is 2. The fraction of sp³-hybridized carbons (Fsp3) is 0.118. The summed E-state index contributed by atoms with van der Waals surface area (Å²) in [6, 6.07) is 7.22. The van der Waals surface area contributed by atoms with Crippen molar-refractivity contribution < 1.29 is 4.79 Å². The number of aryl methyl sites for hydroxylation is 1. The van der Waals surface area contributed by atoms with Gasteiger partial charge in [-0.25, -0.2) is 0 Å². The van der Waals surface area contributed by atoms with Gasteiger partial charge in [-0.05, 0) is 53.1 Å². The fourth-order valence-electron chi connectivity index (χ4n) is 2.27. The third-order valence-corrected chi connectivity index (χ3v) is 4.22. The minimum absolute atomic E-state index is 0.159. The third-order valence-electron chi connectivity index (χ3n) is 3.48. The maximum atomic E-state index is 12.7. The summed E-state index contributed by atoms with van der Waals surface area (Å²) in [4.78, 5) is 29.1. The highest BCUT2D eigenvalue weighted by Gasteiger charge is 2.16. The maximum Gasteiger partial charge on any atom is 0.268 e. The second-order valence-corrected chi connectivity index (χ2v) is 5.85. The van der Waals surface area contributed by atoms with Crippen LogP contribution in [0.5, 0.6) is 0 Å². The zero-order valence-corrected chi connectivity index (χ0v) is 13.3. The van der Waals surface area contributed by atoms with Crippen LogP contribution in [0.15, 0.2) is 58.4 Å². The Morgan fingerprint density at radius 3 is 2.91 bits per heavy atom. The molecule has 1 amide bonds. The molecule has 0 fully saturated rings. The molecule has 0 radical (unpaired) electrons. The van der Waals surface area contributed by atoms with E-state index in [1.165, 1.54) is 4.57 Å². The van der Waals surface area contributed by atoms with Crippen LogP contribution in [0, 0.1) is 6.92 Å². The van der Waals surface area contributed by atoms with Crippen LogP contribution in [0.25, 0.3) is 5.69 Å². The number of carbonyl (C=O) groups excluding carboxylic acids is 1. The quantitative estimate of drug-likeness (QED) is 0.802. The number of carbonyl (C=O) groups is 1. The van der Waals surface area contributed by atoms with Gasteiger partial charge >= 0.3 is 0 Å². The van der Waals surface area contributed by atoms with Crippen LogP contribution < -0.4 is 10.9 Å². The predicted molar refractivity (Wildman–Crippen MR) is 90.1 cm³/mol. The molecule has 3 heterocycles. The van der Waals surface area contributed by atoms with E-state index in [4.69, 9.17) is 0 Å². The average molecular weight is 325 g/mol. The average Bonchev–Trinajstić information content (AvgIpc) is 3.07. The highest BCUT2D eigenvalue weighted by Crippen LogP contribution is 2.09. The molecule has 0 bridgehead atoms. The number of nitrogens with zero attached hydrogens (tertiary/aromatic N) is 2. The Labute approximate surface area is 137 Å². The van der Waals surface area contributed by atoms with Crippen molar-refractivity contribution in [1.29, 1.82) is 0 Å². The second-order valence-electron chi connectivity index (χ2n) is 5.07. The molecule has 0 saturated heterocycles. The van der Waals surface area contributed by atoms with Crippen molar-refractivity contribution in [2.24, 2.45) is 0 Å². The van der Waals surface area contributed by atoms with Gasteiger partial charge < -0.3 is 5.32 Å². The van der Waals surface area contributed by atoms with Crippen molar-refractivity contribution in [3.8, 4) is 5.69 Å². The Kier molecular flexibility index (Phi) is 4.34. The Hall–Kier alpha value is -2.73. The summed E-state index contributed by atoms with van der Waals surface area (Å²) >= 11 is 1.57. The second kappa shape index (κ2) is 6.58. The van der Waals surface area contributed by atoms with Crippen LogP contribution in [0.3, 0.4) is 0 Å². The Morgan fingerprint density at radius 2 is 2.22 bits per heavy atom. The summed E-state index contributed by atoms with van der Waals surface area (Å²) in [5.41, 5.74) is 2.11. The van der Waals surface area contributed by atoms with Crippen LogP contribution in [0.1, 0.15) is 21.5 Å². The number of amides is 1. The summed E-state index contributed by atoms with van der Waals surface area (Å²) in [6.07, 6.45) is 4.88. The van der Waals surface area contributed by atoms with Gasteiger partial charge in [0.2, 0.25) is 0 Å². The van der Waals surface area contributed by atoms with Crippen molar-refractivity contribution in [3.05, 3.63) is 80.7 Å². The smallest absolute Gasteiger partial charge is 0.268 e. The summed E-state index contributed by atoms with van der Waals surface area (Å²) in [5.74, 6) is -0.364. The lowest BCUT2D eigenvalue weighted by Crippen LogP contribution is -2.33. The van der Waals surface area contributed by atoms with Gasteiger partial charge in [-0.3, -0.25) is 19.1 Å². The van der Waals surface area contributed by atoms with Crippen LogP contribution in [-0.2, 0) is 6.54 Å². The van der Waals surface area contributed by atoms with E-state index in [0.717, 1.165) is 5.56 Å². The van der Waals surface area contributed by atoms with Crippen molar-refractivity contribution >= 4 is 17.2 Å². The largest absolute Gasteiger partial charge is 0.348 e. The van der Waals surface area contributed by atoms with Gasteiger partial charge in [0.15, 0.2) is 0 Å². The van der Waals surface area contributed by atoms with Gasteiger partial charge in [0, 0.05) is 18.9 Å². The molecule has 0 atom stereocenters. The summed E-state index contributed by atoms with van der Waals surface area (Å²) in [5, 5.41) is 6.71. The standard InChI is InChI=1S/C17H15N3O2S/c1-12-4-7-20(14-3-2-6-18-10-14)17(22)15(12)16(21)19-9-13-5-8-23-11-13/h2-8,10-11H,9H2,1H3,(H,19,21). The monoisotopic (exact) mass is 325 g/mol. The van der Waals surface area contributed by atoms with Gasteiger partial charge in [0.25, 0.3) is 11.5 Å². The van der Waals surface area contributed by atoms with Crippen LogP contribution >= 0.6 is 11.3 Å². The first-order valence-electron chi connectivity index (χ1n) is 7.09. The van der Waals surface area contributed by atoms with E-state index in [1.807, 2.05) is 16.8 Å². The van der Waals surface area contributed by atoms with Crippen LogP contribution in [-0.4, -0.2) is 15.5 Å². The molecular formula is C17H15N3O2S. The molecule has 0 aliphatic heterocycles. The lowest BCUT2D eigenvalue weighted by atomic mass is 10.1. The van der Waals surface area contributed by atoms with E-state index in [1.54, 1.807) is 55.1 Å². The minimum atomic E-state index is -0.364. The minimum Gasteiger partial charge on any atom is -0.348 e. The van der Waals surface area contributed by atoms with Gasteiger partial charge in [-0.1, -0.05) is 0 Å². The van der Waals surface area contributed by atoms with E-state index in [2.05, 4.69) is 10.3 Å². The zero-order chi connectivity index (χ0) is 16.2. The predicted octanol–water partition coefficient (Wildman–Crippen LogP) is 2.53. The van der Waals surface area contributed by atoms with E-state index in [-0.39, 0.29) is 17.0 Å². The Balaban J connectivity index is 1.92. The third kappa shape index (κ3) is 3.22. The molecular weight excluding hydrogens is 310 g/mol. The maximum absolute atomic E-state index is 12.7. The van der Waals surface area contributed by atoms with Gasteiger partial charge in [0.1, 0.15) is 5.56 Å². The van der Waals surface area contributed by atoms with Gasteiger partial charge in [-0.2, -0.15) is 11.3 Å². The van der Waals surface area contributed by atoms with Crippen molar-refractivity contribution in [2.45, 2.75) is 13.5 Å². The van der Waals surface area contributed by atoms with E-state index in [0.29, 0.717) is 17.8 Å². The topological polar surface area (TPSA) is 64.0 Å². The lowest BCUT2D eigenvalue weighted by molar-refractivity contribution is 0.0948. The number of hydrogen-bond donors (Lipinski definition) is 1. The Bertz CT molecular complexity index is 871. The Morgan fingerprint density at radius 1 is 1.35 bits per heavy atom. The molecule has 0 aromatic carbocycles. The first-order valence-corrected chi connectivity index (χ1v) is 8.03. The summed E-state index contributed by atoms with van der Waals surface area (Å²) in [6.45, 7) is 2.16. The number of thiophene rings is 1. The normalized spacial score (nSPS) is 10.5. The molecule has 3 rings (SSSR count). The van der Waals surface area contributed by atoms with Crippen LogP contribution in [0.2, 0.25) is 0 Å². The van der Waals surface area contributed by atoms with E-state index in [9.17, 15) is 9.59 Å². The van der Waals surface area contributed by atoms with E-state index >= 15 is 0 Å². The van der Waals surface area contributed by atoms with Crippen molar-refractivity contribution in [1.82, 2.24) is 14.9 Å². The molecule has 5 nitrogen and oxygen atoms in total. The molecule has 6 heteroatoms. The highest BCUT2D eigenvalue weighted by atomic mass is 32.1. The number of hydrogen-bond acceptors (Lipinski definition) is 4. The van der Waals surface area contributed by atoms with Crippen LogP contribution in [0.4, 0.5) is 0 Å². The lowest BCUT2D eigenvalue weighted by Gasteiger charge is -2.10. The first kappa shape index (κ1) is 15.2. The SMILES string of the molecule is Cc1ccn(-c2cccnc2)c(=O)c1C(=O)NCc1ccsc1. The fourth-order valence-corrected chi connectivity index (χ4v) is 2.93. The van der Waals surface area contributed by atoms with Gasteiger partial charge in [0.05, 0.1) is 11.9 Å². The molecule has 3 aromatic rings. The van der Waals surface area contributed by atoms with Gasteiger partial charge in [-0.15, -0.1) is 0 Å². The number of rotatable bonds is 4. The molecule has 0 saturated carbocycles. The molecule has 0 aliphatic rings. The van der Waals surface area contributed by atoms with Crippen molar-refractivity contribution in [2.75, 3.05) is 0 Å². The van der Waals surface area contributed by atoms with Crippen molar-refractivity contribution in [3.63, 3.8) is 0 Å². The summed E-state index contributed by atoms with van der Waals surface area (Å²) < 4.78 is 1.43. The molecule has 1 N–H and O–H groups in total. The molecule has 23 heavy (non-hydrogen) atoms. The number of nitrogens with one attached hydrogen (secondary N) is 1. The molecule has 0 aliphatic carbocycles. The summed E-state index contributed by atoms with van der Waals surface area (Å²) in [7, 11) is 0. The molecule has 3 aromatic heterocycles. The molecule has 0 spiro atoms. The molecule has 0 unspecified atom stereocenters. The first-order chi connectivity index (χ1) is 11.2.